The lowest BCUT2D eigenvalue weighted by Gasteiger charge is -2.50. The van der Waals surface area contributed by atoms with Crippen LogP contribution in [0.25, 0.3) is 0 Å². The van der Waals surface area contributed by atoms with Crippen LogP contribution in [0.1, 0.15) is 34.1 Å². The molecule has 0 aliphatic carbocycles. The Morgan fingerprint density at radius 3 is 2.38 bits per heavy atom. The third-order valence-electron chi connectivity index (χ3n) is 2.92. The predicted octanol–water partition coefficient (Wildman–Crippen LogP) is 1.76. The van der Waals surface area contributed by atoms with Crippen molar-refractivity contribution >= 4 is 0 Å². The van der Waals surface area contributed by atoms with Crippen LogP contribution in [0.4, 0.5) is 0 Å². The molecule has 13 heavy (non-hydrogen) atoms. The van der Waals surface area contributed by atoms with E-state index < -0.39 is 0 Å². The van der Waals surface area contributed by atoms with Crippen molar-refractivity contribution in [2.24, 2.45) is 5.73 Å². The first-order valence-electron chi connectivity index (χ1n) is 5.06. The van der Waals surface area contributed by atoms with Gasteiger partial charge >= 0.3 is 0 Å². The minimum Gasteiger partial charge on any atom is -0.329 e. The first-order chi connectivity index (χ1) is 5.90. The largest absolute Gasteiger partial charge is 0.329 e. The van der Waals surface area contributed by atoms with Crippen LogP contribution in [0, 0.1) is 0 Å². The highest BCUT2D eigenvalue weighted by atomic mass is 15.3. The zero-order chi connectivity index (χ0) is 10.1. The van der Waals surface area contributed by atoms with Gasteiger partial charge in [0.2, 0.25) is 0 Å². The minimum atomic E-state index is 0.154. The van der Waals surface area contributed by atoms with Crippen molar-refractivity contribution in [2.45, 2.75) is 45.2 Å². The Bertz CT molecular complexity index is 204. The molecule has 0 aromatic rings. The Labute approximate surface area is 81.8 Å². The lowest BCUT2D eigenvalue weighted by atomic mass is 9.85. The molecule has 1 aliphatic rings. The van der Waals surface area contributed by atoms with Gasteiger partial charge < -0.3 is 5.73 Å². The minimum absolute atomic E-state index is 0.154. The van der Waals surface area contributed by atoms with Crippen molar-refractivity contribution in [3.63, 3.8) is 0 Å². The van der Waals surface area contributed by atoms with Crippen LogP contribution in [0.5, 0.6) is 0 Å². The fraction of sp³-hybridized carbons (Fsp3) is 0.818. The molecule has 2 N–H and O–H groups in total. The van der Waals surface area contributed by atoms with Crippen LogP contribution in [0.2, 0.25) is 0 Å². The summed E-state index contributed by atoms with van der Waals surface area (Å²) in [5.74, 6) is 0. The van der Waals surface area contributed by atoms with E-state index in [0.29, 0.717) is 0 Å². The van der Waals surface area contributed by atoms with E-state index in [1.54, 1.807) is 0 Å². The molecule has 2 heteroatoms. The second-order valence-electron chi connectivity index (χ2n) is 5.01. The molecule has 1 heterocycles. The third kappa shape index (κ3) is 2.12. The average molecular weight is 182 g/mol. The molecule has 0 saturated heterocycles. The first kappa shape index (κ1) is 10.7. The molecule has 0 unspecified atom stereocenters. The Balaban J connectivity index is 2.88. The summed E-state index contributed by atoms with van der Waals surface area (Å²) in [6.45, 7) is 10.8. The molecule has 2 nitrogen and oxygen atoms in total. The van der Waals surface area contributed by atoms with Crippen LogP contribution in [-0.2, 0) is 0 Å². The van der Waals surface area contributed by atoms with Gasteiger partial charge in [0.15, 0.2) is 0 Å². The predicted molar refractivity (Wildman–Crippen MR) is 57.7 cm³/mol. The molecular formula is C11H22N2. The van der Waals surface area contributed by atoms with E-state index in [1.165, 1.54) is 0 Å². The van der Waals surface area contributed by atoms with E-state index >= 15 is 0 Å². The Kier molecular flexibility index (Phi) is 2.83. The van der Waals surface area contributed by atoms with Gasteiger partial charge in [0.05, 0.1) is 0 Å². The molecule has 1 aliphatic heterocycles. The van der Waals surface area contributed by atoms with Crippen LogP contribution in [0.3, 0.4) is 0 Å². The smallest absolute Gasteiger partial charge is 0.0340 e. The number of rotatable bonds is 2. The molecule has 76 valence electrons. The molecule has 0 fully saturated rings. The normalized spacial score (nSPS) is 26.2. The first-order valence-corrected chi connectivity index (χ1v) is 5.06. The molecule has 0 aromatic carbocycles. The quantitative estimate of drug-likeness (QED) is 0.659. The molecule has 1 rings (SSSR count). The van der Waals surface area contributed by atoms with Gasteiger partial charge in [-0.1, -0.05) is 12.2 Å². The standard InChI is InChI=1S/C11H22N2/c1-10(2)6-5-7-11(3,4)13(10)9-8-12/h5-6H,7-9,12H2,1-4H3. The monoisotopic (exact) mass is 182 g/mol. The van der Waals surface area contributed by atoms with Crippen molar-refractivity contribution in [3.8, 4) is 0 Å². The fourth-order valence-corrected chi connectivity index (χ4v) is 2.34. The van der Waals surface area contributed by atoms with Crippen LogP contribution in [0.15, 0.2) is 12.2 Å². The van der Waals surface area contributed by atoms with Gasteiger partial charge in [-0.15, -0.1) is 0 Å². The molecule has 0 bridgehead atoms. The fourth-order valence-electron chi connectivity index (χ4n) is 2.34. The van der Waals surface area contributed by atoms with Crippen LogP contribution >= 0.6 is 0 Å². The van der Waals surface area contributed by atoms with Crippen LogP contribution < -0.4 is 5.73 Å². The molecule has 0 amide bonds. The van der Waals surface area contributed by atoms with E-state index in [9.17, 15) is 0 Å². The van der Waals surface area contributed by atoms with Gasteiger partial charge in [-0.25, -0.2) is 0 Å². The van der Waals surface area contributed by atoms with E-state index in [4.69, 9.17) is 5.73 Å². The van der Waals surface area contributed by atoms with Crippen molar-refractivity contribution in [1.29, 1.82) is 0 Å². The van der Waals surface area contributed by atoms with Crippen molar-refractivity contribution in [3.05, 3.63) is 12.2 Å². The number of hydrogen-bond donors (Lipinski definition) is 1. The lowest BCUT2D eigenvalue weighted by Crippen LogP contribution is -2.57. The van der Waals surface area contributed by atoms with E-state index in [2.05, 4.69) is 44.7 Å². The van der Waals surface area contributed by atoms with Gasteiger partial charge in [0.1, 0.15) is 0 Å². The summed E-state index contributed by atoms with van der Waals surface area (Å²) in [6.07, 6.45) is 5.69. The van der Waals surface area contributed by atoms with E-state index in [-0.39, 0.29) is 11.1 Å². The number of hydrogen-bond acceptors (Lipinski definition) is 2. The van der Waals surface area contributed by atoms with Gasteiger partial charge in [0, 0.05) is 24.2 Å². The molecule has 0 spiro atoms. The SMILES string of the molecule is CC1(C)C=CCC(C)(C)N1CCN. The van der Waals surface area contributed by atoms with Crippen molar-refractivity contribution in [2.75, 3.05) is 13.1 Å². The van der Waals surface area contributed by atoms with Crippen LogP contribution in [-0.4, -0.2) is 29.1 Å². The van der Waals surface area contributed by atoms with Gasteiger partial charge in [0.25, 0.3) is 0 Å². The highest BCUT2D eigenvalue weighted by Crippen LogP contribution is 2.32. The van der Waals surface area contributed by atoms with E-state index in [1.807, 2.05) is 0 Å². The average Bonchev–Trinajstić information content (AvgIpc) is 1.96. The van der Waals surface area contributed by atoms with Gasteiger partial charge in [-0.2, -0.15) is 0 Å². The highest BCUT2D eigenvalue weighted by molar-refractivity contribution is 5.12. The summed E-state index contributed by atoms with van der Waals surface area (Å²) < 4.78 is 0. The van der Waals surface area contributed by atoms with E-state index in [0.717, 1.165) is 19.5 Å². The molecule has 0 radical (unpaired) electrons. The molecule has 0 aromatic heterocycles. The summed E-state index contributed by atoms with van der Waals surface area (Å²) in [6, 6.07) is 0. The summed E-state index contributed by atoms with van der Waals surface area (Å²) >= 11 is 0. The Morgan fingerprint density at radius 2 is 1.92 bits per heavy atom. The molecule has 0 saturated carbocycles. The summed E-state index contributed by atoms with van der Waals surface area (Å²) in [7, 11) is 0. The maximum absolute atomic E-state index is 5.64. The van der Waals surface area contributed by atoms with Gasteiger partial charge in [-0.3, -0.25) is 4.90 Å². The second kappa shape index (κ2) is 3.43. The Hall–Kier alpha value is -0.340. The van der Waals surface area contributed by atoms with Crippen molar-refractivity contribution in [1.82, 2.24) is 4.90 Å². The Morgan fingerprint density at radius 1 is 1.31 bits per heavy atom. The summed E-state index contributed by atoms with van der Waals surface area (Å²) in [4.78, 5) is 2.49. The molecule has 0 atom stereocenters. The zero-order valence-corrected chi connectivity index (χ0v) is 9.30. The summed E-state index contributed by atoms with van der Waals surface area (Å²) in [5.41, 5.74) is 6.04. The summed E-state index contributed by atoms with van der Waals surface area (Å²) in [5, 5.41) is 0. The maximum atomic E-state index is 5.64. The third-order valence-corrected chi connectivity index (χ3v) is 2.92. The number of nitrogens with zero attached hydrogens (tertiary/aromatic N) is 1. The molecular weight excluding hydrogens is 160 g/mol. The van der Waals surface area contributed by atoms with Crippen molar-refractivity contribution < 1.29 is 0 Å². The highest BCUT2D eigenvalue weighted by Gasteiger charge is 2.37. The number of nitrogens with two attached hydrogens (primary N) is 1. The topological polar surface area (TPSA) is 29.3 Å². The zero-order valence-electron chi connectivity index (χ0n) is 9.30. The van der Waals surface area contributed by atoms with Gasteiger partial charge in [-0.05, 0) is 34.1 Å². The lowest BCUT2D eigenvalue weighted by molar-refractivity contribution is 0.0389. The maximum Gasteiger partial charge on any atom is 0.0340 e. The second-order valence-corrected chi connectivity index (χ2v) is 5.01.